The van der Waals surface area contributed by atoms with Crippen molar-refractivity contribution in [1.29, 1.82) is 0 Å². The lowest BCUT2D eigenvalue weighted by Crippen LogP contribution is -2.51. The Morgan fingerprint density at radius 3 is 1.67 bits per heavy atom. The molecule has 14 nitrogen and oxygen atoms in total. The van der Waals surface area contributed by atoms with E-state index >= 15 is 0 Å². The molecule has 4 heterocycles. The fraction of sp³-hybridized carbons (Fsp3) is 0.636. The van der Waals surface area contributed by atoms with Crippen molar-refractivity contribution in [3.63, 3.8) is 0 Å². The normalized spacial score (nSPS) is 26.2. The van der Waals surface area contributed by atoms with E-state index in [0.717, 1.165) is 100.0 Å². The minimum absolute atomic E-state index is 0.0301. The number of hydrogen-bond acceptors (Lipinski definition) is 8. The number of carbonyl (C=O) groups excluding carboxylic acids is 4. The molecule has 2 unspecified atom stereocenters. The third kappa shape index (κ3) is 7.82. The molecule has 14 heteroatoms. The van der Waals surface area contributed by atoms with Crippen molar-refractivity contribution in [2.75, 3.05) is 27.3 Å². The van der Waals surface area contributed by atoms with Gasteiger partial charge < -0.3 is 39.9 Å². The average Bonchev–Trinajstić information content (AvgIpc) is 4.11. The van der Waals surface area contributed by atoms with Gasteiger partial charge in [-0.05, 0) is 92.6 Å². The van der Waals surface area contributed by atoms with Gasteiger partial charge in [0, 0.05) is 30.4 Å². The lowest BCUT2D eigenvalue weighted by atomic mass is 9.51. The number of alkyl carbamates (subject to hydrolysis) is 2. The highest BCUT2D eigenvalue weighted by atomic mass is 16.5. The first-order valence-electron chi connectivity index (χ1n) is 21.5. The first kappa shape index (κ1) is 41.3. The molecule has 4 amide bonds. The molecule has 6 atom stereocenters. The molecule has 2 aromatic heterocycles. The SMILES string of the molecule is CCC(C)[C@H](NC(=O)OC)C(=O)N1CCC[C@H]1c1ncc(-c2ccc(C34CCC(c5cnc([C@@H]6CCCN6C(=O)[C@@H](NC(=O)OC)C(C)CC)[nH]5)(CC3)CC4)cc2)[nH]1. The van der Waals surface area contributed by atoms with Gasteiger partial charge in [0.15, 0.2) is 0 Å². The number of methoxy groups -OCH3 is 2. The van der Waals surface area contributed by atoms with Crippen LogP contribution >= 0.6 is 0 Å². The summed E-state index contributed by atoms with van der Waals surface area (Å²) in [4.78, 5) is 72.5. The van der Waals surface area contributed by atoms with Crippen molar-refractivity contribution in [1.82, 2.24) is 40.4 Å². The van der Waals surface area contributed by atoms with Crippen molar-refractivity contribution in [2.24, 2.45) is 11.8 Å². The molecule has 2 bridgehead atoms. The number of fused-ring (bicyclic) bond motifs is 3. The second-order valence-electron chi connectivity index (χ2n) is 17.4. The van der Waals surface area contributed by atoms with Crippen LogP contribution in [-0.4, -0.2) is 93.1 Å². The Morgan fingerprint density at radius 1 is 0.724 bits per heavy atom. The van der Waals surface area contributed by atoms with Gasteiger partial charge in [0.05, 0.1) is 38.2 Å². The predicted molar refractivity (Wildman–Crippen MR) is 219 cm³/mol. The number of benzene rings is 1. The van der Waals surface area contributed by atoms with Gasteiger partial charge in [-0.2, -0.15) is 0 Å². The Balaban J connectivity index is 0.995. The van der Waals surface area contributed by atoms with Gasteiger partial charge in [-0.25, -0.2) is 19.6 Å². The number of imidazole rings is 2. The molecule has 5 fully saturated rings. The van der Waals surface area contributed by atoms with Crippen LogP contribution in [0.1, 0.15) is 140 Å². The van der Waals surface area contributed by atoms with Gasteiger partial charge in [0.25, 0.3) is 0 Å². The van der Waals surface area contributed by atoms with Gasteiger partial charge in [-0.1, -0.05) is 64.8 Å². The summed E-state index contributed by atoms with van der Waals surface area (Å²) >= 11 is 0. The number of ether oxygens (including phenoxy) is 2. The van der Waals surface area contributed by atoms with E-state index in [-0.39, 0.29) is 46.6 Å². The van der Waals surface area contributed by atoms with E-state index < -0.39 is 24.3 Å². The van der Waals surface area contributed by atoms with Gasteiger partial charge >= 0.3 is 12.2 Å². The maximum atomic E-state index is 13.8. The molecule has 2 saturated heterocycles. The van der Waals surface area contributed by atoms with E-state index in [2.05, 4.69) is 44.9 Å². The van der Waals surface area contributed by atoms with E-state index in [1.807, 2.05) is 49.9 Å². The highest BCUT2D eigenvalue weighted by Crippen LogP contribution is 2.58. The number of rotatable bonds is 13. The Bertz CT molecular complexity index is 1920. The Kier molecular flexibility index (Phi) is 12.2. The van der Waals surface area contributed by atoms with Crippen LogP contribution in [0.2, 0.25) is 0 Å². The van der Waals surface area contributed by atoms with Crippen LogP contribution in [0.5, 0.6) is 0 Å². The van der Waals surface area contributed by atoms with Crippen molar-refractivity contribution in [3.05, 3.63) is 59.6 Å². The minimum Gasteiger partial charge on any atom is -0.453 e. The number of aromatic nitrogens is 4. The van der Waals surface area contributed by atoms with Crippen LogP contribution in [0.15, 0.2) is 36.7 Å². The summed E-state index contributed by atoms with van der Waals surface area (Å²) in [6.07, 6.45) is 14.1. The molecular weight excluding hydrogens is 737 g/mol. The number of hydrogen-bond donors (Lipinski definition) is 4. The van der Waals surface area contributed by atoms with E-state index in [9.17, 15) is 19.2 Å². The highest BCUT2D eigenvalue weighted by Gasteiger charge is 2.51. The Hall–Kier alpha value is -4.88. The van der Waals surface area contributed by atoms with Crippen molar-refractivity contribution in [3.8, 4) is 11.3 Å². The number of likely N-dealkylation sites (tertiary alicyclic amines) is 2. The molecule has 4 N–H and O–H groups in total. The molecule has 3 aromatic rings. The lowest BCUT2D eigenvalue weighted by Gasteiger charge is -2.53. The van der Waals surface area contributed by atoms with Crippen LogP contribution in [0.3, 0.4) is 0 Å². The fourth-order valence-electron chi connectivity index (χ4n) is 10.2. The average molecular weight is 799 g/mol. The second-order valence-corrected chi connectivity index (χ2v) is 17.4. The van der Waals surface area contributed by atoms with Crippen LogP contribution in [0.25, 0.3) is 11.3 Å². The summed E-state index contributed by atoms with van der Waals surface area (Å²) in [7, 11) is 2.63. The molecule has 3 aliphatic carbocycles. The second kappa shape index (κ2) is 17.1. The zero-order valence-electron chi connectivity index (χ0n) is 35.1. The maximum Gasteiger partial charge on any atom is 0.407 e. The van der Waals surface area contributed by atoms with Crippen LogP contribution < -0.4 is 10.6 Å². The quantitative estimate of drug-likeness (QED) is 0.140. The Morgan fingerprint density at radius 2 is 1.19 bits per heavy atom. The van der Waals surface area contributed by atoms with Gasteiger partial charge in [0.2, 0.25) is 11.8 Å². The smallest absolute Gasteiger partial charge is 0.407 e. The van der Waals surface area contributed by atoms with Gasteiger partial charge in [-0.15, -0.1) is 0 Å². The number of nitrogens with zero attached hydrogens (tertiary/aromatic N) is 4. The number of carbonyl (C=O) groups is 4. The van der Waals surface area contributed by atoms with Crippen LogP contribution in [0.4, 0.5) is 9.59 Å². The lowest BCUT2D eigenvalue weighted by molar-refractivity contribution is -0.136. The molecule has 0 radical (unpaired) electrons. The summed E-state index contributed by atoms with van der Waals surface area (Å²) in [6.45, 7) is 9.24. The first-order valence-corrected chi connectivity index (χ1v) is 21.5. The van der Waals surface area contributed by atoms with Gasteiger partial charge in [-0.3, -0.25) is 9.59 Å². The standard InChI is InChI=1S/C44H62N8O6/c1-7-27(3)35(49-41(55)57-5)39(53)51-23-9-11-32(51)37-45-25-31(47-37)29-13-15-30(16-14-29)43-17-20-44(21-18-43,22-19-43)34-26-46-38(48-34)33-12-10-24-52(33)40(54)36(28(4)8-2)50-42(56)58-6/h13-16,25-28,32-33,35-36H,7-12,17-24H2,1-6H3,(H,45,47)(H,46,48)(H,49,55)(H,50,56)/t27?,28?,32-,33-,35-,36-,43?,44?/m0/s1. The zero-order valence-corrected chi connectivity index (χ0v) is 35.1. The van der Waals surface area contributed by atoms with Crippen molar-refractivity contribution in [2.45, 2.75) is 140 Å². The molecule has 314 valence electrons. The Labute approximate surface area is 342 Å². The summed E-state index contributed by atoms with van der Waals surface area (Å²) in [6, 6.07) is 7.33. The number of H-pyrrole nitrogens is 2. The van der Waals surface area contributed by atoms with Gasteiger partial charge in [0.1, 0.15) is 23.7 Å². The van der Waals surface area contributed by atoms with E-state index in [0.29, 0.717) is 13.1 Å². The van der Waals surface area contributed by atoms with Crippen molar-refractivity contribution < 1.29 is 28.7 Å². The van der Waals surface area contributed by atoms with E-state index in [4.69, 9.17) is 19.4 Å². The minimum atomic E-state index is -0.659. The fourth-order valence-corrected chi connectivity index (χ4v) is 10.2. The molecular formula is C44H62N8O6. The third-order valence-corrected chi connectivity index (χ3v) is 14.4. The number of amides is 4. The first-order chi connectivity index (χ1) is 28.0. The summed E-state index contributed by atoms with van der Waals surface area (Å²) < 4.78 is 9.66. The molecule has 3 saturated carbocycles. The molecule has 58 heavy (non-hydrogen) atoms. The van der Waals surface area contributed by atoms with Crippen molar-refractivity contribution >= 4 is 24.0 Å². The molecule has 2 aliphatic heterocycles. The topological polar surface area (TPSA) is 175 Å². The summed E-state index contributed by atoms with van der Waals surface area (Å²) in [5.41, 5.74) is 4.74. The highest BCUT2D eigenvalue weighted by molar-refractivity contribution is 5.87. The molecule has 1 aromatic carbocycles. The van der Waals surface area contributed by atoms with E-state index in [1.165, 1.54) is 25.5 Å². The summed E-state index contributed by atoms with van der Waals surface area (Å²) in [5, 5.41) is 5.56. The summed E-state index contributed by atoms with van der Waals surface area (Å²) in [5.74, 6) is 1.36. The zero-order chi connectivity index (χ0) is 41.2. The number of aromatic amines is 2. The number of nitrogens with one attached hydrogen (secondary N) is 4. The monoisotopic (exact) mass is 798 g/mol. The largest absolute Gasteiger partial charge is 0.453 e. The van der Waals surface area contributed by atoms with Crippen LogP contribution in [0, 0.1) is 11.8 Å². The van der Waals surface area contributed by atoms with Crippen LogP contribution in [-0.2, 0) is 29.9 Å². The molecule has 8 rings (SSSR count). The van der Waals surface area contributed by atoms with E-state index in [1.54, 1.807) is 0 Å². The third-order valence-electron chi connectivity index (χ3n) is 14.4. The molecule has 5 aliphatic rings. The molecule has 0 spiro atoms. The maximum absolute atomic E-state index is 13.8. The predicted octanol–water partition coefficient (Wildman–Crippen LogP) is 7.21.